The first-order valence-electron chi connectivity index (χ1n) is 7.91. The average molecular weight is 289 g/mol. The zero-order valence-electron chi connectivity index (χ0n) is 12.5. The molecule has 2 aliphatic carbocycles. The number of benzene rings is 1. The van der Waals surface area contributed by atoms with Crippen LogP contribution in [0.1, 0.15) is 36.1 Å². The van der Waals surface area contributed by atoms with E-state index in [1.54, 1.807) is 6.20 Å². The molecule has 0 radical (unpaired) electrons. The van der Waals surface area contributed by atoms with Crippen molar-refractivity contribution in [1.82, 2.24) is 4.98 Å². The van der Waals surface area contributed by atoms with Crippen LogP contribution in [-0.2, 0) is 12.0 Å². The van der Waals surface area contributed by atoms with E-state index >= 15 is 0 Å². The first kappa shape index (κ1) is 13.5. The predicted molar refractivity (Wildman–Crippen MR) is 88.2 cm³/mol. The molecular formula is C20H19NO. The molecule has 2 heteroatoms. The Kier molecular flexibility index (Phi) is 3.20. The van der Waals surface area contributed by atoms with Crippen molar-refractivity contribution in [2.75, 3.05) is 0 Å². The van der Waals surface area contributed by atoms with Gasteiger partial charge in [-0.15, -0.1) is 0 Å². The van der Waals surface area contributed by atoms with Crippen molar-refractivity contribution in [3.05, 3.63) is 83.2 Å². The number of aryl methyl sites for hydroxylation is 1. The van der Waals surface area contributed by atoms with Crippen LogP contribution >= 0.6 is 0 Å². The quantitative estimate of drug-likeness (QED) is 0.860. The molecule has 0 aliphatic heterocycles. The fraction of sp³-hybridized carbons (Fsp3) is 0.250. The van der Waals surface area contributed by atoms with Crippen LogP contribution in [0.4, 0.5) is 0 Å². The largest absolute Gasteiger partial charge is 0.378 e. The first-order valence-corrected chi connectivity index (χ1v) is 7.91. The van der Waals surface area contributed by atoms with Gasteiger partial charge in [0.25, 0.3) is 0 Å². The highest BCUT2D eigenvalue weighted by atomic mass is 16.3. The average Bonchev–Trinajstić information content (AvgIpc) is 2.76. The summed E-state index contributed by atoms with van der Waals surface area (Å²) >= 11 is 0. The molecule has 4 rings (SSSR count). The summed E-state index contributed by atoms with van der Waals surface area (Å²) in [6, 6.07) is 14.2. The van der Waals surface area contributed by atoms with Crippen molar-refractivity contribution in [3.63, 3.8) is 0 Å². The number of aliphatic hydroxyl groups is 1. The molecular weight excluding hydrogens is 270 g/mol. The molecule has 2 nitrogen and oxygen atoms in total. The summed E-state index contributed by atoms with van der Waals surface area (Å²) in [5.41, 5.74) is 4.55. The zero-order chi connectivity index (χ0) is 15.0. The third-order valence-electron chi connectivity index (χ3n) is 4.73. The first-order chi connectivity index (χ1) is 10.8. The maximum absolute atomic E-state index is 11.5. The maximum Gasteiger partial charge on any atom is 0.136 e. The van der Waals surface area contributed by atoms with Gasteiger partial charge < -0.3 is 5.11 Å². The minimum absolute atomic E-state index is 0.581. The van der Waals surface area contributed by atoms with Crippen LogP contribution in [0.25, 0.3) is 5.57 Å². The molecule has 22 heavy (non-hydrogen) atoms. The van der Waals surface area contributed by atoms with Gasteiger partial charge in [0, 0.05) is 18.2 Å². The van der Waals surface area contributed by atoms with Crippen LogP contribution in [0.15, 0.2) is 66.4 Å². The molecule has 1 aromatic carbocycles. The number of hydrogen-bond acceptors (Lipinski definition) is 2. The van der Waals surface area contributed by atoms with Crippen LogP contribution in [-0.4, -0.2) is 10.1 Å². The molecule has 0 fully saturated rings. The number of nitrogens with zero attached hydrogens (tertiary/aromatic N) is 1. The van der Waals surface area contributed by atoms with E-state index in [9.17, 15) is 5.11 Å². The summed E-state index contributed by atoms with van der Waals surface area (Å²) in [6.45, 7) is 0. The second-order valence-electron chi connectivity index (χ2n) is 6.09. The summed E-state index contributed by atoms with van der Waals surface area (Å²) in [7, 11) is 0. The second kappa shape index (κ2) is 5.22. The van der Waals surface area contributed by atoms with Crippen LogP contribution < -0.4 is 0 Å². The molecule has 0 saturated carbocycles. The zero-order valence-corrected chi connectivity index (χ0v) is 12.5. The van der Waals surface area contributed by atoms with E-state index < -0.39 is 5.60 Å². The summed E-state index contributed by atoms with van der Waals surface area (Å²) in [4.78, 5) is 4.45. The second-order valence-corrected chi connectivity index (χ2v) is 6.09. The maximum atomic E-state index is 11.5. The van der Waals surface area contributed by atoms with Crippen molar-refractivity contribution < 1.29 is 5.11 Å². The van der Waals surface area contributed by atoms with Gasteiger partial charge in [0.05, 0.1) is 5.69 Å². The van der Waals surface area contributed by atoms with Gasteiger partial charge in [-0.2, -0.15) is 0 Å². The number of aromatic nitrogens is 1. The van der Waals surface area contributed by atoms with Crippen molar-refractivity contribution >= 4 is 5.57 Å². The van der Waals surface area contributed by atoms with Crippen molar-refractivity contribution in [2.45, 2.75) is 31.3 Å². The van der Waals surface area contributed by atoms with Crippen LogP contribution in [0, 0.1) is 0 Å². The lowest BCUT2D eigenvalue weighted by atomic mass is 9.76. The molecule has 0 spiro atoms. The molecule has 1 heterocycles. The SMILES string of the molecule is OC1(c2ccccn2)CC=CC2=C1c1ccccc1CCC2. The smallest absolute Gasteiger partial charge is 0.136 e. The van der Waals surface area contributed by atoms with Crippen LogP contribution in [0.3, 0.4) is 0 Å². The summed E-state index contributed by atoms with van der Waals surface area (Å²) < 4.78 is 0. The van der Waals surface area contributed by atoms with E-state index in [0.29, 0.717) is 6.42 Å². The summed E-state index contributed by atoms with van der Waals surface area (Å²) in [5.74, 6) is 0. The fourth-order valence-electron chi connectivity index (χ4n) is 3.72. The molecule has 110 valence electrons. The van der Waals surface area contributed by atoms with E-state index in [-0.39, 0.29) is 0 Å². The Morgan fingerprint density at radius 2 is 1.86 bits per heavy atom. The molecule has 2 aromatic rings. The lowest BCUT2D eigenvalue weighted by molar-refractivity contribution is 0.0973. The number of allylic oxidation sites excluding steroid dienone is 2. The summed E-state index contributed by atoms with van der Waals surface area (Å²) in [6.07, 6.45) is 9.81. The Balaban J connectivity index is 1.97. The Bertz CT molecular complexity index is 760. The number of hydrogen-bond donors (Lipinski definition) is 1. The monoisotopic (exact) mass is 289 g/mol. The van der Waals surface area contributed by atoms with E-state index in [2.05, 4.69) is 41.4 Å². The predicted octanol–water partition coefficient (Wildman–Crippen LogP) is 4.02. The number of fused-ring (bicyclic) bond motifs is 2. The van der Waals surface area contributed by atoms with Gasteiger partial charge in [0.2, 0.25) is 0 Å². The van der Waals surface area contributed by atoms with E-state index in [0.717, 1.165) is 30.5 Å². The van der Waals surface area contributed by atoms with Crippen LogP contribution in [0.2, 0.25) is 0 Å². The Morgan fingerprint density at radius 3 is 2.73 bits per heavy atom. The third-order valence-corrected chi connectivity index (χ3v) is 4.73. The lowest BCUT2D eigenvalue weighted by Gasteiger charge is -2.34. The topological polar surface area (TPSA) is 33.1 Å². The highest BCUT2D eigenvalue weighted by Gasteiger charge is 2.39. The molecule has 1 N–H and O–H groups in total. The molecule has 1 atom stereocenters. The number of rotatable bonds is 1. The molecule has 0 amide bonds. The Labute approximate surface area is 130 Å². The highest BCUT2D eigenvalue weighted by Crippen LogP contribution is 2.46. The summed E-state index contributed by atoms with van der Waals surface area (Å²) in [5, 5.41) is 11.5. The Morgan fingerprint density at radius 1 is 1.00 bits per heavy atom. The van der Waals surface area contributed by atoms with Gasteiger partial charge in [-0.25, -0.2) is 0 Å². The van der Waals surface area contributed by atoms with Crippen LogP contribution in [0.5, 0.6) is 0 Å². The Hall–Kier alpha value is -2.19. The fourth-order valence-corrected chi connectivity index (χ4v) is 3.72. The van der Waals surface area contributed by atoms with Gasteiger partial charge in [-0.05, 0) is 48.1 Å². The highest BCUT2D eigenvalue weighted by molar-refractivity contribution is 5.81. The minimum atomic E-state index is -1.02. The van der Waals surface area contributed by atoms with Crippen molar-refractivity contribution in [1.29, 1.82) is 0 Å². The van der Waals surface area contributed by atoms with Gasteiger partial charge in [-0.1, -0.05) is 42.5 Å². The van der Waals surface area contributed by atoms with E-state index in [1.165, 1.54) is 16.7 Å². The van der Waals surface area contributed by atoms with Gasteiger partial charge in [0.15, 0.2) is 0 Å². The minimum Gasteiger partial charge on any atom is -0.378 e. The van der Waals surface area contributed by atoms with Gasteiger partial charge in [0.1, 0.15) is 5.60 Å². The molecule has 1 unspecified atom stereocenters. The molecule has 0 bridgehead atoms. The number of pyridine rings is 1. The third kappa shape index (κ3) is 2.03. The molecule has 0 saturated heterocycles. The van der Waals surface area contributed by atoms with Crippen molar-refractivity contribution in [2.24, 2.45) is 0 Å². The lowest BCUT2D eigenvalue weighted by Crippen LogP contribution is -2.30. The van der Waals surface area contributed by atoms with E-state index in [4.69, 9.17) is 0 Å². The molecule has 1 aromatic heterocycles. The van der Waals surface area contributed by atoms with Crippen molar-refractivity contribution in [3.8, 4) is 0 Å². The van der Waals surface area contributed by atoms with Gasteiger partial charge >= 0.3 is 0 Å². The van der Waals surface area contributed by atoms with E-state index in [1.807, 2.05) is 18.2 Å². The normalized spacial score (nSPS) is 23.7. The molecule has 2 aliphatic rings. The standard InChI is InChI=1S/C20H19NO/c22-20(18-12-3-4-14-21-18)13-6-10-16-9-5-8-15-7-1-2-11-17(15)19(16)20/h1-4,6-7,10-12,14,22H,5,8-9,13H2. The van der Waals surface area contributed by atoms with Gasteiger partial charge in [-0.3, -0.25) is 4.98 Å².